The smallest absolute Gasteiger partial charge is 0.350 e. The van der Waals surface area contributed by atoms with Crippen LogP contribution in [0, 0.1) is 5.82 Å². The topological polar surface area (TPSA) is 93.7 Å². The maximum atomic E-state index is 13.3. The molecule has 1 aliphatic rings. The Morgan fingerprint density at radius 1 is 1.10 bits per heavy atom. The number of carbonyl (C=O) groups excluding carboxylic acids is 3. The van der Waals surface area contributed by atoms with Crippen molar-refractivity contribution in [1.82, 2.24) is 0 Å². The van der Waals surface area contributed by atoms with Crippen molar-refractivity contribution in [3.8, 4) is 0 Å². The van der Waals surface area contributed by atoms with Crippen molar-refractivity contribution in [1.29, 1.82) is 0 Å². The fourth-order valence-electron chi connectivity index (χ4n) is 2.52. The zero-order valence-electron chi connectivity index (χ0n) is 15.4. The fourth-order valence-corrected chi connectivity index (χ4v) is 2.70. The van der Waals surface area contributed by atoms with E-state index in [1.54, 1.807) is 0 Å². The van der Waals surface area contributed by atoms with Crippen molar-refractivity contribution in [2.45, 2.75) is 19.6 Å². The number of anilines is 2. The number of esters is 2. The number of hydrogen-bond acceptors (Lipinski definition) is 6. The molecule has 0 bridgehead atoms. The summed E-state index contributed by atoms with van der Waals surface area (Å²) in [5, 5.41) is 5.55. The largest absolute Gasteiger partial charge is 0.419 e. The predicted octanol–water partition coefficient (Wildman–Crippen LogP) is 3.86. The van der Waals surface area contributed by atoms with E-state index in [0.717, 1.165) is 12.3 Å². The van der Waals surface area contributed by atoms with E-state index in [1.165, 1.54) is 50.2 Å². The van der Waals surface area contributed by atoms with Gasteiger partial charge in [-0.2, -0.15) is 0 Å². The first-order valence-electron chi connectivity index (χ1n) is 8.44. The van der Waals surface area contributed by atoms with Crippen molar-refractivity contribution in [2.24, 2.45) is 0 Å². The van der Waals surface area contributed by atoms with Gasteiger partial charge in [0.1, 0.15) is 5.82 Å². The van der Waals surface area contributed by atoms with Gasteiger partial charge in [0.15, 0.2) is 5.57 Å². The SMILES string of the molecule is CC1(C)OC(=O)C(=CNc2ccc(Cl)cc2C(=O)Nc2cccc(F)c2)C(=O)O1. The highest BCUT2D eigenvalue weighted by Gasteiger charge is 2.39. The van der Waals surface area contributed by atoms with Crippen molar-refractivity contribution < 1.29 is 28.2 Å². The zero-order valence-corrected chi connectivity index (χ0v) is 16.2. The van der Waals surface area contributed by atoms with Gasteiger partial charge in [0, 0.05) is 30.8 Å². The Kier molecular flexibility index (Phi) is 5.56. The number of rotatable bonds is 4. The number of halogens is 2. The van der Waals surface area contributed by atoms with Gasteiger partial charge in [-0.05, 0) is 36.4 Å². The minimum absolute atomic E-state index is 0.108. The molecule has 0 radical (unpaired) electrons. The molecule has 150 valence electrons. The van der Waals surface area contributed by atoms with Crippen LogP contribution in [-0.2, 0) is 19.1 Å². The molecule has 3 rings (SSSR count). The summed E-state index contributed by atoms with van der Waals surface area (Å²) in [5.41, 5.74) is 0.245. The van der Waals surface area contributed by atoms with Crippen LogP contribution in [-0.4, -0.2) is 23.6 Å². The first-order valence-corrected chi connectivity index (χ1v) is 8.82. The molecule has 2 aromatic rings. The third-order valence-corrected chi connectivity index (χ3v) is 4.03. The first-order chi connectivity index (χ1) is 13.6. The van der Waals surface area contributed by atoms with Crippen LogP contribution in [0.1, 0.15) is 24.2 Å². The summed E-state index contributed by atoms with van der Waals surface area (Å²) >= 11 is 5.98. The molecule has 0 atom stereocenters. The molecule has 29 heavy (non-hydrogen) atoms. The van der Waals surface area contributed by atoms with Crippen LogP contribution in [0.3, 0.4) is 0 Å². The molecule has 2 N–H and O–H groups in total. The highest BCUT2D eigenvalue weighted by atomic mass is 35.5. The normalized spacial score (nSPS) is 15.2. The lowest BCUT2D eigenvalue weighted by Gasteiger charge is -2.29. The number of carbonyl (C=O) groups is 3. The number of cyclic esters (lactones) is 2. The molecule has 1 amide bonds. The molecule has 1 saturated heterocycles. The van der Waals surface area contributed by atoms with Crippen molar-refractivity contribution >= 4 is 40.8 Å². The average Bonchev–Trinajstić information content (AvgIpc) is 2.61. The maximum absolute atomic E-state index is 13.3. The van der Waals surface area contributed by atoms with Crippen LogP contribution in [0.4, 0.5) is 15.8 Å². The Hall–Kier alpha value is -3.39. The lowest BCUT2D eigenvalue weighted by Crippen LogP contribution is -2.42. The summed E-state index contributed by atoms with van der Waals surface area (Å²) < 4.78 is 23.3. The molecule has 2 aromatic carbocycles. The predicted molar refractivity (Wildman–Crippen MR) is 104 cm³/mol. The van der Waals surface area contributed by atoms with E-state index in [0.29, 0.717) is 0 Å². The molecule has 1 aliphatic heterocycles. The number of nitrogens with one attached hydrogen (secondary N) is 2. The summed E-state index contributed by atoms with van der Waals surface area (Å²) in [7, 11) is 0. The van der Waals surface area contributed by atoms with Gasteiger partial charge < -0.3 is 20.1 Å². The highest BCUT2D eigenvalue weighted by molar-refractivity contribution is 6.31. The lowest BCUT2D eigenvalue weighted by atomic mass is 10.1. The van der Waals surface area contributed by atoms with Gasteiger partial charge >= 0.3 is 11.9 Å². The molecule has 0 saturated carbocycles. The molecule has 0 aliphatic carbocycles. The third-order valence-electron chi connectivity index (χ3n) is 3.80. The Labute approximate surface area is 170 Å². The Balaban J connectivity index is 1.84. The van der Waals surface area contributed by atoms with E-state index >= 15 is 0 Å². The van der Waals surface area contributed by atoms with Gasteiger partial charge in [-0.1, -0.05) is 17.7 Å². The number of ether oxygens (including phenoxy) is 2. The first kappa shape index (κ1) is 20.3. The average molecular weight is 419 g/mol. The second-order valence-corrected chi connectivity index (χ2v) is 6.97. The van der Waals surface area contributed by atoms with E-state index in [4.69, 9.17) is 21.1 Å². The van der Waals surface area contributed by atoms with E-state index in [-0.39, 0.29) is 27.5 Å². The summed E-state index contributed by atoms with van der Waals surface area (Å²) in [4.78, 5) is 36.7. The molecule has 0 spiro atoms. The Morgan fingerprint density at radius 3 is 2.45 bits per heavy atom. The molecule has 9 heteroatoms. The minimum atomic E-state index is -1.36. The lowest BCUT2D eigenvalue weighted by molar-refractivity contribution is -0.222. The number of amides is 1. The Morgan fingerprint density at radius 2 is 1.79 bits per heavy atom. The summed E-state index contributed by atoms with van der Waals surface area (Å²) in [6.45, 7) is 2.86. The number of benzene rings is 2. The van der Waals surface area contributed by atoms with E-state index < -0.39 is 29.5 Å². The molecule has 0 unspecified atom stereocenters. The fraction of sp³-hybridized carbons (Fsp3) is 0.150. The van der Waals surface area contributed by atoms with Crippen LogP contribution >= 0.6 is 11.6 Å². The van der Waals surface area contributed by atoms with Crippen LogP contribution in [0.15, 0.2) is 54.2 Å². The van der Waals surface area contributed by atoms with Crippen molar-refractivity contribution in [2.75, 3.05) is 10.6 Å². The van der Waals surface area contributed by atoms with E-state index in [1.807, 2.05) is 0 Å². The monoisotopic (exact) mass is 418 g/mol. The van der Waals surface area contributed by atoms with E-state index in [2.05, 4.69) is 10.6 Å². The van der Waals surface area contributed by atoms with Crippen LogP contribution in [0.5, 0.6) is 0 Å². The minimum Gasteiger partial charge on any atom is -0.419 e. The highest BCUT2D eigenvalue weighted by Crippen LogP contribution is 2.25. The van der Waals surface area contributed by atoms with Gasteiger partial charge in [0.25, 0.3) is 11.7 Å². The van der Waals surface area contributed by atoms with Crippen LogP contribution in [0.25, 0.3) is 0 Å². The molecular weight excluding hydrogens is 403 g/mol. The van der Waals surface area contributed by atoms with Gasteiger partial charge in [-0.25, -0.2) is 14.0 Å². The Bertz CT molecular complexity index is 1010. The van der Waals surface area contributed by atoms with Gasteiger partial charge in [-0.3, -0.25) is 4.79 Å². The molecule has 7 nitrogen and oxygen atoms in total. The summed E-state index contributed by atoms with van der Waals surface area (Å²) in [5.74, 6) is -4.16. The standard InChI is InChI=1S/C20H16ClFN2O5/c1-20(2)28-18(26)15(19(27)29-20)10-23-16-7-6-11(21)8-14(16)17(25)24-13-5-3-4-12(22)9-13/h3-10,23H,1-2H3,(H,24,25). The molecule has 1 fully saturated rings. The summed E-state index contributed by atoms with van der Waals surface area (Å²) in [6.07, 6.45) is 1.09. The second kappa shape index (κ2) is 7.92. The molecule has 0 aromatic heterocycles. The van der Waals surface area contributed by atoms with Gasteiger partial charge in [-0.15, -0.1) is 0 Å². The van der Waals surface area contributed by atoms with Crippen LogP contribution in [0.2, 0.25) is 5.02 Å². The second-order valence-electron chi connectivity index (χ2n) is 6.54. The van der Waals surface area contributed by atoms with Gasteiger partial charge in [0.2, 0.25) is 0 Å². The molecule has 1 heterocycles. The zero-order chi connectivity index (χ0) is 21.2. The van der Waals surface area contributed by atoms with E-state index in [9.17, 15) is 18.8 Å². The number of hydrogen-bond donors (Lipinski definition) is 2. The molecular formula is C20H16ClFN2O5. The quantitative estimate of drug-likeness (QED) is 0.445. The van der Waals surface area contributed by atoms with Crippen molar-refractivity contribution in [3.63, 3.8) is 0 Å². The maximum Gasteiger partial charge on any atom is 0.350 e. The summed E-state index contributed by atoms with van der Waals surface area (Å²) in [6, 6.07) is 9.78. The van der Waals surface area contributed by atoms with Crippen LogP contribution < -0.4 is 10.6 Å². The van der Waals surface area contributed by atoms with Gasteiger partial charge in [0.05, 0.1) is 11.3 Å². The third kappa shape index (κ3) is 4.91. The van der Waals surface area contributed by atoms with Crippen molar-refractivity contribution in [3.05, 3.63) is 70.6 Å².